The van der Waals surface area contributed by atoms with Gasteiger partial charge in [0.2, 0.25) is 0 Å². The largest absolute Gasteiger partial charge is 0.289 e. The van der Waals surface area contributed by atoms with Gasteiger partial charge in [-0.25, -0.2) is 0 Å². The highest BCUT2D eigenvalue weighted by Gasteiger charge is 2.26. The molecular weight excluding hydrogens is 272 g/mol. The van der Waals surface area contributed by atoms with E-state index >= 15 is 0 Å². The van der Waals surface area contributed by atoms with E-state index in [1.807, 2.05) is 24.3 Å². The van der Waals surface area contributed by atoms with E-state index in [0.717, 1.165) is 32.3 Å². The Bertz CT molecular complexity index is 1150. The van der Waals surface area contributed by atoms with Gasteiger partial charge in [0.1, 0.15) is 0 Å². The Morgan fingerprint density at radius 3 is 2.00 bits per heavy atom. The molecule has 0 N–H and O–H groups in total. The van der Waals surface area contributed by atoms with Crippen molar-refractivity contribution in [3.8, 4) is 0 Å². The second-order valence-electron chi connectivity index (χ2n) is 5.68. The zero-order valence-electron chi connectivity index (χ0n) is 11.6. The third-order valence-corrected chi connectivity index (χ3v) is 4.57. The Labute approximate surface area is 126 Å². The van der Waals surface area contributed by atoms with E-state index in [1.165, 1.54) is 12.2 Å². The number of carbonyl (C=O) groups is 2. The molecule has 0 amide bonds. The van der Waals surface area contributed by atoms with Crippen LogP contribution in [0.5, 0.6) is 0 Å². The third-order valence-electron chi connectivity index (χ3n) is 4.57. The van der Waals surface area contributed by atoms with Crippen LogP contribution >= 0.6 is 0 Å². The minimum Gasteiger partial charge on any atom is -0.289 e. The molecule has 0 radical (unpaired) electrons. The highest BCUT2D eigenvalue weighted by Crippen LogP contribution is 2.40. The zero-order chi connectivity index (χ0) is 14.8. The van der Waals surface area contributed by atoms with Crippen molar-refractivity contribution in [1.29, 1.82) is 0 Å². The molecule has 0 unspecified atom stereocenters. The summed E-state index contributed by atoms with van der Waals surface area (Å²) in [7, 11) is 0. The number of ketones is 2. The molecule has 0 saturated heterocycles. The highest BCUT2D eigenvalue weighted by atomic mass is 16.1. The molecule has 2 heteroatoms. The molecule has 0 aliphatic heterocycles. The molecule has 22 heavy (non-hydrogen) atoms. The monoisotopic (exact) mass is 282 g/mol. The van der Waals surface area contributed by atoms with E-state index < -0.39 is 0 Å². The number of benzene rings is 5. The third kappa shape index (κ3) is 1.25. The van der Waals surface area contributed by atoms with Crippen molar-refractivity contribution in [2.75, 3.05) is 0 Å². The van der Waals surface area contributed by atoms with E-state index in [1.54, 1.807) is 0 Å². The lowest BCUT2D eigenvalue weighted by Crippen LogP contribution is -2.14. The first-order chi connectivity index (χ1) is 10.8. The predicted octanol–water partition coefficient (Wildman–Crippen LogP) is 4.52. The van der Waals surface area contributed by atoms with Crippen LogP contribution in [0.3, 0.4) is 0 Å². The minimum absolute atomic E-state index is 0.0785. The normalized spacial score (nSPS) is 14.4. The molecule has 0 heterocycles. The molecule has 6 rings (SSSR count). The molecule has 0 fully saturated rings. The van der Waals surface area contributed by atoms with E-state index in [4.69, 9.17) is 0 Å². The van der Waals surface area contributed by atoms with E-state index in [-0.39, 0.29) is 11.6 Å². The number of carbonyl (C=O) groups excluding carboxylic acids is 2. The van der Waals surface area contributed by atoms with Gasteiger partial charge in [-0.3, -0.25) is 9.59 Å². The summed E-state index contributed by atoms with van der Waals surface area (Å²) in [5, 5.41) is 6.13. The van der Waals surface area contributed by atoms with Crippen molar-refractivity contribution in [2.45, 2.75) is 0 Å². The molecule has 0 saturated carbocycles. The molecular formula is C20H10O2. The van der Waals surface area contributed by atoms with Crippen molar-refractivity contribution >= 4 is 43.9 Å². The summed E-state index contributed by atoms with van der Waals surface area (Å²) in [5.41, 5.74) is 1.13. The second-order valence-corrected chi connectivity index (χ2v) is 5.68. The van der Waals surface area contributed by atoms with Gasteiger partial charge >= 0.3 is 0 Å². The lowest BCUT2D eigenvalue weighted by Gasteiger charge is -2.19. The van der Waals surface area contributed by atoms with Crippen LogP contribution in [0.4, 0.5) is 0 Å². The van der Waals surface area contributed by atoms with Gasteiger partial charge in [0, 0.05) is 11.1 Å². The van der Waals surface area contributed by atoms with Crippen LogP contribution in [0.1, 0.15) is 20.7 Å². The first kappa shape index (κ1) is 11.6. The zero-order valence-corrected chi connectivity index (χ0v) is 11.6. The maximum Gasteiger partial charge on any atom is 0.187 e. The van der Waals surface area contributed by atoms with Gasteiger partial charge in [-0.2, -0.15) is 0 Å². The number of fused-ring (bicyclic) bond motifs is 2. The van der Waals surface area contributed by atoms with E-state index in [9.17, 15) is 9.59 Å². The standard InChI is InChI=1S/C20H10O2/c21-16-9-10-17(22)20-15-8-7-14(19(16)20)13-6-5-11-3-1-2-4-12(11)18(13)15/h1-10H. The van der Waals surface area contributed by atoms with Crippen LogP contribution in [-0.2, 0) is 0 Å². The fourth-order valence-electron chi connectivity index (χ4n) is 3.65. The Morgan fingerprint density at radius 2 is 1.18 bits per heavy atom. The van der Waals surface area contributed by atoms with Gasteiger partial charge < -0.3 is 0 Å². The summed E-state index contributed by atoms with van der Waals surface area (Å²) >= 11 is 0. The van der Waals surface area contributed by atoms with Crippen molar-refractivity contribution in [1.82, 2.24) is 0 Å². The molecule has 0 aromatic heterocycles. The molecule has 1 aliphatic rings. The molecule has 5 aromatic rings. The van der Waals surface area contributed by atoms with Crippen LogP contribution in [0.2, 0.25) is 0 Å². The van der Waals surface area contributed by atoms with Gasteiger partial charge in [-0.05, 0) is 44.5 Å². The molecule has 0 spiro atoms. The summed E-state index contributed by atoms with van der Waals surface area (Å²) in [6, 6.07) is 16.2. The second kappa shape index (κ2) is 3.80. The first-order valence-corrected chi connectivity index (χ1v) is 7.22. The molecule has 2 bridgehead atoms. The molecule has 2 nitrogen and oxygen atoms in total. The Balaban J connectivity index is 2.13. The number of allylic oxidation sites excluding steroid dienone is 2. The van der Waals surface area contributed by atoms with Crippen LogP contribution in [0, 0.1) is 0 Å². The van der Waals surface area contributed by atoms with Gasteiger partial charge in [0.05, 0.1) is 0 Å². The maximum atomic E-state index is 12.3. The summed E-state index contributed by atoms with van der Waals surface area (Å²) in [6.45, 7) is 0. The van der Waals surface area contributed by atoms with Gasteiger partial charge in [0.25, 0.3) is 0 Å². The van der Waals surface area contributed by atoms with E-state index in [2.05, 4.69) is 24.3 Å². The summed E-state index contributed by atoms with van der Waals surface area (Å²) in [6.07, 6.45) is 2.76. The van der Waals surface area contributed by atoms with Crippen molar-refractivity contribution in [3.05, 3.63) is 71.8 Å². The fraction of sp³-hybridized carbons (Fsp3) is 0. The van der Waals surface area contributed by atoms with Crippen LogP contribution in [-0.4, -0.2) is 11.6 Å². The van der Waals surface area contributed by atoms with Gasteiger partial charge in [0.15, 0.2) is 11.6 Å². The fourth-order valence-corrected chi connectivity index (χ4v) is 3.65. The lowest BCUT2D eigenvalue weighted by molar-refractivity contribution is 0.0996. The van der Waals surface area contributed by atoms with Crippen molar-refractivity contribution in [3.63, 3.8) is 0 Å². The van der Waals surface area contributed by atoms with Crippen molar-refractivity contribution < 1.29 is 9.59 Å². The minimum atomic E-state index is -0.0787. The van der Waals surface area contributed by atoms with Crippen LogP contribution in [0.25, 0.3) is 32.3 Å². The Morgan fingerprint density at radius 1 is 0.545 bits per heavy atom. The quantitative estimate of drug-likeness (QED) is 0.444. The number of hydrogen-bond acceptors (Lipinski definition) is 2. The first-order valence-electron chi connectivity index (χ1n) is 7.22. The Hall–Kier alpha value is -3.00. The predicted molar refractivity (Wildman–Crippen MR) is 87.9 cm³/mol. The molecule has 0 atom stereocenters. The summed E-state index contributed by atoms with van der Waals surface area (Å²) in [5.74, 6) is -0.157. The van der Waals surface area contributed by atoms with Crippen LogP contribution in [0.15, 0.2) is 60.7 Å². The SMILES string of the molecule is O=C1C=CC(=O)c2c1c1ccc2c2c3ccccc3ccc12. The summed E-state index contributed by atoms with van der Waals surface area (Å²) in [4.78, 5) is 24.6. The average Bonchev–Trinajstić information content (AvgIpc) is 2.58. The van der Waals surface area contributed by atoms with Gasteiger partial charge in [-0.15, -0.1) is 0 Å². The Kier molecular flexibility index (Phi) is 2.01. The smallest absolute Gasteiger partial charge is 0.187 e. The van der Waals surface area contributed by atoms with Gasteiger partial charge in [-0.1, -0.05) is 48.5 Å². The summed E-state index contributed by atoms with van der Waals surface area (Å²) < 4.78 is 0. The molecule has 1 aliphatic carbocycles. The maximum absolute atomic E-state index is 12.3. The van der Waals surface area contributed by atoms with Crippen molar-refractivity contribution in [2.24, 2.45) is 0 Å². The van der Waals surface area contributed by atoms with Crippen LogP contribution < -0.4 is 0 Å². The lowest BCUT2D eigenvalue weighted by atomic mass is 9.82. The average molecular weight is 282 g/mol. The topological polar surface area (TPSA) is 34.1 Å². The number of rotatable bonds is 0. The molecule has 5 aromatic carbocycles. The van der Waals surface area contributed by atoms with E-state index in [0.29, 0.717) is 11.1 Å². The molecule has 102 valence electrons. The number of hydrogen-bond donors (Lipinski definition) is 0. The highest BCUT2D eigenvalue weighted by molar-refractivity contribution is 6.37.